The molecule has 0 radical (unpaired) electrons. The molecule has 21 heavy (non-hydrogen) atoms. The molecule has 1 aromatic carbocycles. The van der Waals surface area contributed by atoms with Gasteiger partial charge in [0.15, 0.2) is 0 Å². The second kappa shape index (κ2) is 6.46. The van der Waals surface area contributed by atoms with E-state index < -0.39 is 10.0 Å². The molecule has 3 N–H and O–H groups in total. The number of rotatable bonds is 6. The summed E-state index contributed by atoms with van der Waals surface area (Å²) in [4.78, 5) is 3.90. The van der Waals surface area contributed by atoms with Crippen LogP contribution in [0.5, 0.6) is 5.75 Å². The molecule has 0 amide bonds. The number of ether oxygens (including phenoxy) is 1. The molecule has 112 valence electrons. The van der Waals surface area contributed by atoms with Gasteiger partial charge >= 0.3 is 0 Å². The first kappa shape index (κ1) is 15.1. The van der Waals surface area contributed by atoms with Crippen molar-refractivity contribution >= 4 is 16.0 Å². The van der Waals surface area contributed by atoms with Crippen molar-refractivity contribution in [3.8, 4) is 5.75 Å². The van der Waals surface area contributed by atoms with E-state index in [2.05, 4.69) is 19.9 Å². The van der Waals surface area contributed by atoms with Crippen molar-refractivity contribution in [3.63, 3.8) is 0 Å². The number of aromatic nitrogens is 3. The van der Waals surface area contributed by atoms with Crippen LogP contribution in [0.2, 0.25) is 0 Å². The molecule has 0 saturated heterocycles. The maximum absolute atomic E-state index is 12.4. The van der Waals surface area contributed by atoms with Crippen LogP contribution in [0, 0.1) is 0 Å². The number of methoxy groups -OCH3 is 1. The van der Waals surface area contributed by atoms with Crippen molar-refractivity contribution in [2.75, 3.05) is 18.4 Å². The largest absolute Gasteiger partial charge is 0.497 e. The van der Waals surface area contributed by atoms with Gasteiger partial charge in [0.2, 0.25) is 0 Å². The lowest BCUT2D eigenvalue weighted by Gasteiger charge is -2.12. The Bertz CT molecular complexity index is 706. The molecule has 1 aromatic heterocycles. The molecule has 0 unspecified atom stereocenters. The first-order valence-electron chi connectivity index (χ1n) is 6.10. The lowest BCUT2D eigenvalue weighted by atomic mass is 10.1. The smallest absolute Gasteiger partial charge is 0.264 e. The normalized spacial score (nSPS) is 11.1. The van der Waals surface area contributed by atoms with Gasteiger partial charge in [-0.2, -0.15) is 5.10 Å². The highest BCUT2D eigenvalue weighted by Crippen LogP contribution is 2.23. The van der Waals surface area contributed by atoms with Crippen molar-refractivity contribution in [2.45, 2.75) is 11.3 Å². The Kier molecular flexibility index (Phi) is 4.66. The van der Waals surface area contributed by atoms with Crippen molar-refractivity contribution in [2.24, 2.45) is 5.73 Å². The number of nitrogens with two attached hydrogens (primary N) is 1. The first-order valence-corrected chi connectivity index (χ1v) is 7.58. The molecule has 0 atom stereocenters. The van der Waals surface area contributed by atoms with Crippen molar-refractivity contribution in [3.05, 3.63) is 36.2 Å². The zero-order valence-electron chi connectivity index (χ0n) is 11.4. The van der Waals surface area contributed by atoms with Crippen LogP contribution in [0.1, 0.15) is 5.56 Å². The Hall–Kier alpha value is -2.26. The van der Waals surface area contributed by atoms with Gasteiger partial charge in [0, 0.05) is 0 Å². The van der Waals surface area contributed by atoms with Crippen LogP contribution in [-0.2, 0) is 16.4 Å². The Balaban J connectivity index is 2.39. The average molecular weight is 309 g/mol. The standard InChI is InChI=1S/C12H15N5O3S/c1-20-10-2-3-11(9(8-10)4-5-13)21(18,19)17-12-14-6-7-15-16-12/h2-3,6-8H,4-5,13H2,1H3,(H,14,16,17). The predicted octanol–water partition coefficient (Wildman–Crippen LogP) is 0.182. The van der Waals surface area contributed by atoms with E-state index in [1.165, 1.54) is 25.6 Å². The fourth-order valence-electron chi connectivity index (χ4n) is 1.77. The molecule has 0 bridgehead atoms. The summed E-state index contributed by atoms with van der Waals surface area (Å²) in [6, 6.07) is 4.67. The molecule has 1 heterocycles. The minimum atomic E-state index is -3.82. The third kappa shape index (κ3) is 3.64. The highest BCUT2D eigenvalue weighted by Gasteiger charge is 2.20. The van der Waals surface area contributed by atoms with Gasteiger partial charge in [-0.3, -0.25) is 0 Å². The maximum Gasteiger partial charge on any atom is 0.264 e. The van der Waals surface area contributed by atoms with E-state index in [0.29, 0.717) is 24.3 Å². The summed E-state index contributed by atoms with van der Waals surface area (Å²) in [5.41, 5.74) is 6.09. The molecule has 8 nitrogen and oxygen atoms in total. The predicted molar refractivity (Wildman–Crippen MR) is 76.4 cm³/mol. The Morgan fingerprint density at radius 2 is 2.14 bits per heavy atom. The van der Waals surface area contributed by atoms with Crippen LogP contribution in [0.3, 0.4) is 0 Å². The van der Waals surface area contributed by atoms with Crippen molar-refractivity contribution in [1.29, 1.82) is 0 Å². The second-order valence-electron chi connectivity index (χ2n) is 4.08. The van der Waals surface area contributed by atoms with Crippen LogP contribution in [0.4, 0.5) is 5.95 Å². The number of sulfonamides is 1. The molecule has 0 aliphatic rings. The Labute approximate surface area is 122 Å². The summed E-state index contributed by atoms with van der Waals surface area (Å²) >= 11 is 0. The van der Waals surface area contributed by atoms with Gasteiger partial charge in [-0.05, 0) is 36.7 Å². The summed E-state index contributed by atoms with van der Waals surface area (Å²) in [6.45, 7) is 0.319. The number of nitrogens with zero attached hydrogens (tertiary/aromatic N) is 3. The number of nitrogens with one attached hydrogen (secondary N) is 1. The minimum Gasteiger partial charge on any atom is -0.497 e. The lowest BCUT2D eigenvalue weighted by Crippen LogP contribution is -2.18. The summed E-state index contributed by atoms with van der Waals surface area (Å²) in [5, 5.41) is 7.17. The molecule has 0 spiro atoms. The number of hydrogen-bond donors (Lipinski definition) is 2. The number of hydrogen-bond acceptors (Lipinski definition) is 7. The summed E-state index contributed by atoms with van der Waals surface area (Å²) in [5.74, 6) is 0.474. The molecule has 0 fully saturated rings. The van der Waals surface area contributed by atoms with E-state index in [1.807, 2.05) is 0 Å². The zero-order valence-corrected chi connectivity index (χ0v) is 12.2. The minimum absolute atomic E-state index is 0.0907. The highest BCUT2D eigenvalue weighted by atomic mass is 32.2. The Morgan fingerprint density at radius 3 is 2.76 bits per heavy atom. The van der Waals surface area contributed by atoms with E-state index in [4.69, 9.17) is 10.5 Å². The Morgan fingerprint density at radius 1 is 1.33 bits per heavy atom. The van der Waals surface area contributed by atoms with E-state index in [9.17, 15) is 8.42 Å². The molecule has 2 aromatic rings. The van der Waals surface area contributed by atoms with Crippen molar-refractivity contribution < 1.29 is 13.2 Å². The average Bonchev–Trinajstić information content (AvgIpc) is 2.48. The molecule has 2 rings (SSSR count). The summed E-state index contributed by atoms with van der Waals surface area (Å²) in [7, 11) is -2.31. The maximum atomic E-state index is 12.4. The van der Waals surface area contributed by atoms with Gasteiger partial charge in [0.05, 0.1) is 24.4 Å². The van der Waals surface area contributed by atoms with E-state index in [-0.39, 0.29) is 10.8 Å². The highest BCUT2D eigenvalue weighted by molar-refractivity contribution is 7.92. The van der Waals surface area contributed by atoms with E-state index in [1.54, 1.807) is 12.1 Å². The molecule has 9 heteroatoms. The van der Waals surface area contributed by atoms with Crippen LogP contribution in [0.25, 0.3) is 0 Å². The lowest BCUT2D eigenvalue weighted by molar-refractivity contribution is 0.414. The molecular weight excluding hydrogens is 294 g/mol. The molecule has 0 aliphatic carbocycles. The summed E-state index contributed by atoms with van der Waals surface area (Å²) in [6.07, 6.45) is 3.10. The fraction of sp³-hybridized carbons (Fsp3) is 0.250. The SMILES string of the molecule is COc1ccc(S(=O)(=O)Nc2nccnn2)c(CCN)c1. The van der Waals surface area contributed by atoms with E-state index in [0.717, 1.165) is 0 Å². The van der Waals surface area contributed by atoms with Crippen molar-refractivity contribution in [1.82, 2.24) is 15.2 Å². The van der Waals surface area contributed by atoms with Crippen LogP contribution >= 0.6 is 0 Å². The summed E-state index contributed by atoms with van der Waals surface area (Å²) < 4.78 is 32.2. The van der Waals surface area contributed by atoms with Gasteiger partial charge in [-0.1, -0.05) is 0 Å². The number of benzene rings is 1. The quantitative estimate of drug-likeness (QED) is 0.781. The van der Waals surface area contributed by atoms with Gasteiger partial charge in [0.25, 0.3) is 16.0 Å². The van der Waals surface area contributed by atoms with Crippen LogP contribution in [0.15, 0.2) is 35.5 Å². The first-order chi connectivity index (χ1) is 10.1. The second-order valence-corrected chi connectivity index (χ2v) is 5.73. The third-order valence-corrected chi connectivity index (χ3v) is 4.11. The molecule has 0 aliphatic heterocycles. The zero-order chi connectivity index (χ0) is 15.3. The third-order valence-electron chi connectivity index (χ3n) is 2.68. The molecule has 0 saturated carbocycles. The van der Waals surface area contributed by atoms with E-state index >= 15 is 0 Å². The fourth-order valence-corrected chi connectivity index (χ4v) is 2.96. The van der Waals surface area contributed by atoms with Crippen LogP contribution in [-0.4, -0.2) is 37.3 Å². The molecular formula is C12H15N5O3S. The van der Waals surface area contributed by atoms with Gasteiger partial charge < -0.3 is 10.5 Å². The monoisotopic (exact) mass is 309 g/mol. The van der Waals surface area contributed by atoms with Gasteiger partial charge in [0.1, 0.15) is 5.75 Å². The van der Waals surface area contributed by atoms with Gasteiger partial charge in [-0.15, -0.1) is 5.10 Å². The van der Waals surface area contributed by atoms with Gasteiger partial charge in [-0.25, -0.2) is 18.1 Å². The number of anilines is 1. The topological polar surface area (TPSA) is 120 Å². The van der Waals surface area contributed by atoms with Crippen LogP contribution < -0.4 is 15.2 Å².